The molecule has 120 valence electrons. The number of rotatable bonds is 2. The number of aryl methyl sites for hydroxylation is 2. The second-order valence-electron chi connectivity index (χ2n) is 7.90. The molecular weight excluding hydrogens is 268 g/mol. The highest BCUT2D eigenvalue weighted by molar-refractivity contribution is 5.55. The SMILES string of the molecule is Cc1ccc(C)c(N2CCN([C@@H]3CC[C@H]4CC[C@H]3C4)CC2)c1. The van der Waals surface area contributed by atoms with Crippen LogP contribution in [0.15, 0.2) is 18.2 Å². The molecule has 3 atom stereocenters. The van der Waals surface area contributed by atoms with Gasteiger partial charge < -0.3 is 4.90 Å². The molecule has 2 bridgehead atoms. The zero-order valence-electron chi connectivity index (χ0n) is 14.2. The number of benzene rings is 1. The molecule has 0 radical (unpaired) electrons. The minimum atomic E-state index is 0.902. The van der Waals surface area contributed by atoms with Crippen molar-refractivity contribution in [2.24, 2.45) is 11.8 Å². The van der Waals surface area contributed by atoms with Crippen LogP contribution in [0.1, 0.15) is 43.2 Å². The standard InChI is InChI=1S/C20H30N2/c1-15-3-4-16(2)20(13-15)22-11-9-21(10-12-22)19-8-6-17-5-7-18(19)14-17/h3-4,13,17-19H,5-12,14H2,1-2H3/t17-,18+,19-/m1/s1. The van der Waals surface area contributed by atoms with Crippen molar-refractivity contribution < 1.29 is 0 Å². The van der Waals surface area contributed by atoms with Gasteiger partial charge in [0.15, 0.2) is 0 Å². The Hall–Kier alpha value is -1.02. The fourth-order valence-corrected chi connectivity index (χ4v) is 5.20. The summed E-state index contributed by atoms with van der Waals surface area (Å²) < 4.78 is 0. The average molecular weight is 298 g/mol. The third kappa shape index (κ3) is 2.67. The van der Waals surface area contributed by atoms with E-state index in [0.29, 0.717) is 0 Å². The van der Waals surface area contributed by atoms with Gasteiger partial charge in [-0.2, -0.15) is 0 Å². The van der Waals surface area contributed by atoms with E-state index in [0.717, 1.165) is 17.9 Å². The third-order valence-corrected chi connectivity index (χ3v) is 6.49. The van der Waals surface area contributed by atoms with Gasteiger partial charge in [-0.05, 0) is 68.6 Å². The van der Waals surface area contributed by atoms with Crippen molar-refractivity contribution in [3.63, 3.8) is 0 Å². The van der Waals surface area contributed by atoms with E-state index in [9.17, 15) is 0 Å². The van der Waals surface area contributed by atoms with Gasteiger partial charge in [-0.1, -0.05) is 18.6 Å². The van der Waals surface area contributed by atoms with Crippen LogP contribution in [-0.4, -0.2) is 37.1 Å². The summed E-state index contributed by atoms with van der Waals surface area (Å²) in [5, 5.41) is 0. The van der Waals surface area contributed by atoms with Crippen molar-refractivity contribution in [3.8, 4) is 0 Å². The first kappa shape index (κ1) is 14.6. The molecule has 0 spiro atoms. The maximum absolute atomic E-state index is 2.83. The van der Waals surface area contributed by atoms with Crippen LogP contribution in [0.4, 0.5) is 5.69 Å². The van der Waals surface area contributed by atoms with E-state index in [-0.39, 0.29) is 0 Å². The predicted molar refractivity (Wildman–Crippen MR) is 93.6 cm³/mol. The van der Waals surface area contributed by atoms with Crippen LogP contribution in [0.5, 0.6) is 0 Å². The van der Waals surface area contributed by atoms with Gasteiger partial charge in [0.05, 0.1) is 0 Å². The second-order valence-corrected chi connectivity index (χ2v) is 7.90. The number of fused-ring (bicyclic) bond motifs is 2. The molecule has 2 saturated carbocycles. The van der Waals surface area contributed by atoms with Crippen LogP contribution in [0.3, 0.4) is 0 Å². The van der Waals surface area contributed by atoms with Gasteiger partial charge in [0, 0.05) is 37.9 Å². The maximum atomic E-state index is 2.83. The zero-order valence-corrected chi connectivity index (χ0v) is 14.2. The topological polar surface area (TPSA) is 6.48 Å². The molecule has 3 fully saturated rings. The van der Waals surface area contributed by atoms with E-state index in [2.05, 4.69) is 41.8 Å². The fraction of sp³-hybridized carbons (Fsp3) is 0.700. The lowest BCUT2D eigenvalue weighted by atomic mass is 9.84. The van der Waals surface area contributed by atoms with E-state index < -0.39 is 0 Å². The monoisotopic (exact) mass is 298 g/mol. The number of nitrogens with zero attached hydrogens (tertiary/aromatic N) is 2. The normalized spacial score (nSPS) is 32.5. The maximum Gasteiger partial charge on any atom is 0.0399 e. The minimum Gasteiger partial charge on any atom is -0.369 e. The summed E-state index contributed by atoms with van der Waals surface area (Å²) in [5.41, 5.74) is 4.27. The lowest BCUT2D eigenvalue weighted by molar-refractivity contribution is 0.103. The lowest BCUT2D eigenvalue weighted by Gasteiger charge is -2.44. The highest BCUT2D eigenvalue weighted by Gasteiger charge is 2.39. The molecule has 1 saturated heterocycles. The van der Waals surface area contributed by atoms with Crippen LogP contribution in [0.2, 0.25) is 0 Å². The average Bonchev–Trinajstić information content (AvgIpc) is 2.91. The molecule has 1 heterocycles. The van der Waals surface area contributed by atoms with E-state index in [1.165, 1.54) is 75.1 Å². The van der Waals surface area contributed by atoms with Gasteiger partial charge in [-0.3, -0.25) is 4.90 Å². The van der Waals surface area contributed by atoms with Gasteiger partial charge >= 0.3 is 0 Å². The molecule has 22 heavy (non-hydrogen) atoms. The van der Waals surface area contributed by atoms with Gasteiger partial charge in [-0.25, -0.2) is 0 Å². The minimum absolute atomic E-state index is 0.902. The quantitative estimate of drug-likeness (QED) is 0.814. The van der Waals surface area contributed by atoms with Gasteiger partial charge in [0.2, 0.25) is 0 Å². The molecular formula is C20H30N2. The fourth-order valence-electron chi connectivity index (χ4n) is 5.20. The number of piperazine rings is 1. The molecule has 3 aliphatic rings. The summed E-state index contributed by atoms with van der Waals surface area (Å²) >= 11 is 0. The van der Waals surface area contributed by atoms with Crippen molar-refractivity contribution in [2.45, 2.75) is 52.0 Å². The van der Waals surface area contributed by atoms with Crippen LogP contribution in [-0.2, 0) is 0 Å². The highest BCUT2D eigenvalue weighted by Crippen LogP contribution is 2.44. The van der Waals surface area contributed by atoms with E-state index in [1.807, 2.05) is 0 Å². The number of anilines is 1. The molecule has 0 amide bonds. The van der Waals surface area contributed by atoms with Crippen LogP contribution in [0, 0.1) is 25.7 Å². The Kier molecular flexibility index (Phi) is 3.89. The Morgan fingerprint density at radius 3 is 2.50 bits per heavy atom. The van der Waals surface area contributed by atoms with E-state index >= 15 is 0 Å². The Balaban J connectivity index is 1.41. The Morgan fingerprint density at radius 1 is 0.909 bits per heavy atom. The Labute approximate surface area is 135 Å². The van der Waals surface area contributed by atoms with Crippen LogP contribution >= 0.6 is 0 Å². The van der Waals surface area contributed by atoms with Crippen molar-refractivity contribution in [3.05, 3.63) is 29.3 Å². The summed E-state index contributed by atoms with van der Waals surface area (Å²) in [6.07, 6.45) is 7.52. The summed E-state index contributed by atoms with van der Waals surface area (Å²) in [6, 6.07) is 7.77. The summed E-state index contributed by atoms with van der Waals surface area (Å²) in [7, 11) is 0. The number of hydrogen-bond acceptors (Lipinski definition) is 2. The zero-order chi connectivity index (χ0) is 15.1. The second kappa shape index (κ2) is 5.88. The molecule has 2 aliphatic carbocycles. The first-order valence-electron chi connectivity index (χ1n) is 9.27. The molecule has 2 heteroatoms. The van der Waals surface area contributed by atoms with Gasteiger partial charge in [-0.15, -0.1) is 0 Å². The van der Waals surface area contributed by atoms with Crippen molar-refractivity contribution in [2.75, 3.05) is 31.1 Å². The molecule has 1 aliphatic heterocycles. The molecule has 0 unspecified atom stereocenters. The van der Waals surface area contributed by atoms with Crippen LogP contribution in [0.25, 0.3) is 0 Å². The first-order valence-corrected chi connectivity index (χ1v) is 9.27. The Bertz CT molecular complexity index is 531. The molecule has 1 aromatic carbocycles. The predicted octanol–water partition coefficient (Wildman–Crippen LogP) is 4.00. The van der Waals surface area contributed by atoms with Gasteiger partial charge in [0.25, 0.3) is 0 Å². The highest BCUT2D eigenvalue weighted by atomic mass is 15.3. The summed E-state index contributed by atoms with van der Waals surface area (Å²) in [6.45, 7) is 9.39. The largest absolute Gasteiger partial charge is 0.369 e. The summed E-state index contributed by atoms with van der Waals surface area (Å²) in [4.78, 5) is 5.44. The molecule has 1 aromatic rings. The smallest absolute Gasteiger partial charge is 0.0399 e. The van der Waals surface area contributed by atoms with Crippen molar-refractivity contribution in [1.82, 2.24) is 4.90 Å². The van der Waals surface area contributed by atoms with Crippen molar-refractivity contribution >= 4 is 5.69 Å². The molecule has 4 rings (SSSR count). The Morgan fingerprint density at radius 2 is 1.68 bits per heavy atom. The first-order chi connectivity index (χ1) is 10.7. The molecule has 0 aromatic heterocycles. The van der Waals surface area contributed by atoms with Crippen LogP contribution < -0.4 is 4.90 Å². The lowest BCUT2D eigenvalue weighted by Crippen LogP contribution is -2.53. The van der Waals surface area contributed by atoms with E-state index in [1.54, 1.807) is 0 Å². The summed E-state index contributed by atoms with van der Waals surface area (Å²) in [5.74, 6) is 2.10. The van der Waals surface area contributed by atoms with E-state index in [4.69, 9.17) is 0 Å². The molecule has 2 nitrogen and oxygen atoms in total. The van der Waals surface area contributed by atoms with Gasteiger partial charge in [0.1, 0.15) is 0 Å². The third-order valence-electron chi connectivity index (χ3n) is 6.49. The number of hydrogen-bond donors (Lipinski definition) is 0. The molecule has 0 N–H and O–H groups in total. The van der Waals surface area contributed by atoms with Crippen molar-refractivity contribution in [1.29, 1.82) is 0 Å².